The number of halogens is 3. The molecule has 2 aromatic rings. The molecule has 0 spiro atoms. The van der Waals surface area contributed by atoms with Crippen LogP contribution in [0.4, 0.5) is 18.9 Å². The Hall–Kier alpha value is -2.23. The lowest BCUT2D eigenvalue weighted by atomic mass is 10.3. The van der Waals surface area contributed by atoms with Gasteiger partial charge in [-0.15, -0.1) is 13.2 Å². The minimum absolute atomic E-state index is 0.159. The lowest BCUT2D eigenvalue weighted by molar-refractivity contribution is -0.274. The Morgan fingerprint density at radius 1 is 1.30 bits per heavy atom. The Morgan fingerprint density at radius 2 is 2.05 bits per heavy atom. The normalized spacial score (nSPS) is 12.2. The lowest BCUT2D eigenvalue weighted by Gasteiger charge is -2.10. The Bertz CT molecular complexity index is 683. The molecule has 1 aromatic heterocycles. The molecule has 0 amide bonds. The van der Waals surface area contributed by atoms with E-state index < -0.39 is 22.1 Å². The summed E-state index contributed by atoms with van der Waals surface area (Å²) in [5.41, 5.74) is 0.159. The van der Waals surface area contributed by atoms with E-state index in [4.69, 9.17) is 0 Å². The summed E-state index contributed by atoms with van der Waals surface area (Å²) in [6, 6.07) is 4.07. The molecule has 20 heavy (non-hydrogen) atoms. The van der Waals surface area contributed by atoms with Crippen LogP contribution in [0.15, 0.2) is 41.6 Å². The molecule has 0 aliphatic carbocycles. The van der Waals surface area contributed by atoms with Crippen molar-refractivity contribution >= 4 is 15.7 Å². The molecule has 0 fully saturated rings. The molecule has 0 atom stereocenters. The average Bonchev–Trinajstić information content (AvgIpc) is 2.79. The van der Waals surface area contributed by atoms with Crippen LogP contribution in [0.5, 0.6) is 5.75 Å². The standard InChI is InChI=1S/C10H8F3N3O3S/c11-10(12,13)19-8-2-1-3-9(4-8)20(17,18)16-7-5-14-15-6-7/h1-6,16H,(H,14,15). The Kier molecular flexibility index (Phi) is 3.57. The van der Waals surface area contributed by atoms with Crippen molar-refractivity contribution in [3.63, 3.8) is 0 Å². The highest BCUT2D eigenvalue weighted by Gasteiger charge is 2.31. The van der Waals surface area contributed by atoms with Gasteiger partial charge >= 0.3 is 6.36 Å². The lowest BCUT2D eigenvalue weighted by Crippen LogP contribution is -2.18. The summed E-state index contributed by atoms with van der Waals surface area (Å²) < 4.78 is 65.9. The zero-order valence-corrected chi connectivity index (χ0v) is 10.5. The smallest absolute Gasteiger partial charge is 0.406 e. The maximum Gasteiger partial charge on any atom is 0.573 e. The maximum absolute atomic E-state index is 12.1. The van der Waals surface area contributed by atoms with Crippen molar-refractivity contribution < 1.29 is 26.3 Å². The van der Waals surface area contributed by atoms with Crippen LogP contribution < -0.4 is 9.46 Å². The monoisotopic (exact) mass is 307 g/mol. The van der Waals surface area contributed by atoms with Gasteiger partial charge < -0.3 is 4.74 Å². The molecule has 0 saturated carbocycles. The topological polar surface area (TPSA) is 84.1 Å². The van der Waals surface area contributed by atoms with E-state index in [1.54, 1.807) is 0 Å². The van der Waals surface area contributed by atoms with Crippen LogP contribution in [0.3, 0.4) is 0 Å². The van der Waals surface area contributed by atoms with Crippen LogP contribution in [-0.4, -0.2) is 25.0 Å². The first-order chi connectivity index (χ1) is 9.26. The fourth-order valence-electron chi connectivity index (χ4n) is 1.36. The average molecular weight is 307 g/mol. The molecule has 108 valence electrons. The molecule has 0 unspecified atom stereocenters. The van der Waals surface area contributed by atoms with Crippen LogP contribution in [0.1, 0.15) is 0 Å². The number of benzene rings is 1. The number of aromatic nitrogens is 2. The van der Waals surface area contributed by atoms with Crippen molar-refractivity contribution in [3.05, 3.63) is 36.7 Å². The Morgan fingerprint density at radius 3 is 2.65 bits per heavy atom. The number of alkyl halides is 3. The highest BCUT2D eigenvalue weighted by molar-refractivity contribution is 7.92. The van der Waals surface area contributed by atoms with Gasteiger partial charge in [-0.2, -0.15) is 5.10 Å². The number of nitrogens with one attached hydrogen (secondary N) is 2. The summed E-state index contributed by atoms with van der Waals surface area (Å²) in [5, 5.41) is 5.94. The molecule has 0 bridgehead atoms. The van der Waals surface area contributed by atoms with Gasteiger partial charge in [-0.25, -0.2) is 8.42 Å². The van der Waals surface area contributed by atoms with E-state index in [1.165, 1.54) is 12.4 Å². The molecule has 0 saturated heterocycles. The van der Waals surface area contributed by atoms with E-state index in [2.05, 4.69) is 19.7 Å². The molecule has 6 nitrogen and oxygen atoms in total. The Balaban J connectivity index is 2.26. The van der Waals surface area contributed by atoms with Gasteiger partial charge in [-0.1, -0.05) is 6.07 Å². The van der Waals surface area contributed by atoms with Crippen LogP contribution >= 0.6 is 0 Å². The first-order valence-corrected chi connectivity index (χ1v) is 6.62. The SMILES string of the molecule is O=S(=O)(Nc1cn[nH]c1)c1cccc(OC(F)(F)F)c1. The van der Waals surface area contributed by atoms with E-state index in [1.807, 2.05) is 0 Å². The summed E-state index contributed by atoms with van der Waals surface area (Å²) in [6.45, 7) is 0. The van der Waals surface area contributed by atoms with Crippen LogP contribution in [-0.2, 0) is 10.0 Å². The highest BCUT2D eigenvalue weighted by Crippen LogP contribution is 2.25. The van der Waals surface area contributed by atoms with Crippen LogP contribution in [0.25, 0.3) is 0 Å². The summed E-state index contributed by atoms with van der Waals surface area (Å²) in [6.07, 6.45) is -2.39. The van der Waals surface area contributed by atoms with Gasteiger partial charge in [0.2, 0.25) is 0 Å². The second-order valence-corrected chi connectivity index (χ2v) is 5.30. The molecule has 2 N–H and O–H groups in total. The second-order valence-electron chi connectivity index (χ2n) is 3.62. The van der Waals surface area contributed by atoms with Crippen LogP contribution in [0.2, 0.25) is 0 Å². The molecule has 10 heteroatoms. The van der Waals surface area contributed by atoms with Gasteiger partial charge in [0.1, 0.15) is 5.75 Å². The largest absolute Gasteiger partial charge is 0.573 e. The zero-order valence-electron chi connectivity index (χ0n) is 9.68. The summed E-state index contributed by atoms with van der Waals surface area (Å²) in [4.78, 5) is -0.361. The maximum atomic E-state index is 12.1. The van der Waals surface area contributed by atoms with Crippen molar-refractivity contribution in [1.29, 1.82) is 0 Å². The predicted molar refractivity (Wildman–Crippen MR) is 62.5 cm³/mol. The highest BCUT2D eigenvalue weighted by atomic mass is 32.2. The number of nitrogens with zero attached hydrogens (tertiary/aromatic N) is 1. The summed E-state index contributed by atoms with van der Waals surface area (Å²) in [5.74, 6) is -0.618. The number of ether oxygens (including phenoxy) is 1. The van der Waals surface area contributed by atoms with Crippen molar-refractivity contribution in [2.24, 2.45) is 0 Å². The van der Waals surface area contributed by atoms with Gasteiger partial charge in [0.05, 0.1) is 16.8 Å². The van der Waals surface area contributed by atoms with Gasteiger partial charge in [0.25, 0.3) is 10.0 Å². The first-order valence-electron chi connectivity index (χ1n) is 5.14. The van der Waals surface area contributed by atoms with Crippen molar-refractivity contribution in [1.82, 2.24) is 10.2 Å². The van der Waals surface area contributed by atoms with Gasteiger partial charge in [0.15, 0.2) is 0 Å². The molecular formula is C10H8F3N3O3S. The molecule has 0 aliphatic rings. The molecule has 1 heterocycles. The van der Waals surface area contributed by atoms with Crippen molar-refractivity contribution in [2.45, 2.75) is 11.3 Å². The molecule has 0 radical (unpaired) electrons. The third kappa shape index (κ3) is 3.63. The third-order valence-electron chi connectivity index (χ3n) is 2.10. The second kappa shape index (κ2) is 5.04. The number of hydrogen-bond donors (Lipinski definition) is 2. The third-order valence-corrected chi connectivity index (χ3v) is 3.48. The number of aromatic amines is 1. The Labute approximate surface area is 111 Å². The molecule has 0 aliphatic heterocycles. The number of H-pyrrole nitrogens is 1. The first kappa shape index (κ1) is 14.2. The van der Waals surface area contributed by atoms with E-state index >= 15 is 0 Å². The van der Waals surface area contributed by atoms with Gasteiger partial charge in [0, 0.05) is 12.3 Å². The van der Waals surface area contributed by atoms with E-state index in [0.29, 0.717) is 0 Å². The summed E-state index contributed by atoms with van der Waals surface area (Å²) >= 11 is 0. The van der Waals surface area contributed by atoms with E-state index in [9.17, 15) is 21.6 Å². The number of sulfonamides is 1. The van der Waals surface area contributed by atoms with Gasteiger partial charge in [-0.3, -0.25) is 9.82 Å². The number of anilines is 1. The summed E-state index contributed by atoms with van der Waals surface area (Å²) in [7, 11) is -4.02. The van der Waals surface area contributed by atoms with Crippen molar-refractivity contribution in [3.8, 4) is 5.75 Å². The molecule has 2 rings (SSSR count). The van der Waals surface area contributed by atoms with Crippen LogP contribution in [0, 0.1) is 0 Å². The number of hydrogen-bond acceptors (Lipinski definition) is 4. The van der Waals surface area contributed by atoms with E-state index in [-0.39, 0.29) is 10.6 Å². The number of rotatable bonds is 4. The van der Waals surface area contributed by atoms with E-state index in [0.717, 1.165) is 24.3 Å². The fourth-order valence-corrected chi connectivity index (χ4v) is 2.43. The van der Waals surface area contributed by atoms with Gasteiger partial charge in [-0.05, 0) is 12.1 Å². The zero-order chi connectivity index (χ0) is 14.8. The van der Waals surface area contributed by atoms with Crippen molar-refractivity contribution in [2.75, 3.05) is 4.72 Å². The predicted octanol–water partition coefficient (Wildman–Crippen LogP) is 2.11. The minimum Gasteiger partial charge on any atom is -0.406 e. The molecular weight excluding hydrogens is 299 g/mol. The molecule has 1 aromatic carbocycles. The fraction of sp³-hybridized carbons (Fsp3) is 0.100. The quantitative estimate of drug-likeness (QED) is 0.906. The minimum atomic E-state index is -4.89.